The molecule has 138 valence electrons. The molecule has 0 amide bonds. The quantitative estimate of drug-likeness (QED) is 0.885. The maximum atomic E-state index is 13.4. The van der Waals surface area contributed by atoms with E-state index in [-0.39, 0.29) is 24.8 Å². The van der Waals surface area contributed by atoms with Gasteiger partial charge in [0.1, 0.15) is 0 Å². The second-order valence-corrected chi connectivity index (χ2v) is 8.14. The maximum absolute atomic E-state index is 13.4. The molecule has 0 unspecified atom stereocenters. The molecule has 26 heavy (non-hydrogen) atoms. The number of alkyl halides is 2. The van der Waals surface area contributed by atoms with Crippen LogP contribution in [0.3, 0.4) is 0 Å². The van der Waals surface area contributed by atoms with Gasteiger partial charge in [0.25, 0.3) is 0 Å². The second kappa shape index (κ2) is 5.84. The van der Waals surface area contributed by atoms with Gasteiger partial charge < -0.3 is 9.67 Å². The van der Waals surface area contributed by atoms with Gasteiger partial charge in [0.05, 0.1) is 36.1 Å². The van der Waals surface area contributed by atoms with Crippen LogP contribution in [-0.2, 0) is 0 Å². The number of pyridine rings is 1. The largest absolute Gasteiger partial charge is 0.393 e. The third-order valence-corrected chi connectivity index (χ3v) is 6.31. The van der Waals surface area contributed by atoms with Gasteiger partial charge in [-0.25, -0.2) is 13.8 Å². The van der Waals surface area contributed by atoms with Crippen LogP contribution in [0.25, 0.3) is 11.3 Å². The molecular formula is C20H23F2N3O. The van der Waals surface area contributed by atoms with Gasteiger partial charge in [0.15, 0.2) is 0 Å². The Morgan fingerprint density at radius 3 is 2.69 bits per heavy atom. The summed E-state index contributed by atoms with van der Waals surface area (Å²) in [6.45, 7) is 0. The fraction of sp³-hybridized carbons (Fsp3) is 0.600. The molecule has 2 saturated carbocycles. The van der Waals surface area contributed by atoms with Crippen molar-refractivity contribution in [2.75, 3.05) is 0 Å². The van der Waals surface area contributed by atoms with E-state index in [4.69, 9.17) is 4.98 Å². The minimum absolute atomic E-state index is 0.0568. The Kier molecular flexibility index (Phi) is 3.68. The molecular weight excluding hydrogens is 336 g/mol. The van der Waals surface area contributed by atoms with E-state index < -0.39 is 12.0 Å². The molecule has 3 heterocycles. The molecule has 0 bridgehead atoms. The Hall–Kier alpha value is -1.82. The molecule has 0 aromatic carbocycles. The summed E-state index contributed by atoms with van der Waals surface area (Å²) in [5.41, 5.74) is 4.26. The van der Waals surface area contributed by atoms with Crippen molar-refractivity contribution in [3.05, 3.63) is 36.0 Å². The molecule has 1 N–H and O–H groups in total. The van der Waals surface area contributed by atoms with Crippen molar-refractivity contribution < 1.29 is 13.9 Å². The fourth-order valence-corrected chi connectivity index (χ4v) is 4.55. The number of nitrogens with zero attached hydrogens (tertiary/aromatic N) is 3. The number of imidazole rings is 1. The van der Waals surface area contributed by atoms with E-state index in [0.29, 0.717) is 25.2 Å². The number of rotatable bonds is 4. The first-order valence-electron chi connectivity index (χ1n) is 9.61. The Morgan fingerprint density at radius 2 is 1.96 bits per heavy atom. The van der Waals surface area contributed by atoms with Gasteiger partial charge in [-0.05, 0) is 43.7 Å². The van der Waals surface area contributed by atoms with Crippen LogP contribution in [0.4, 0.5) is 8.78 Å². The topological polar surface area (TPSA) is 50.9 Å². The lowest BCUT2D eigenvalue weighted by molar-refractivity contribution is -0.0639. The molecule has 2 aromatic rings. The highest BCUT2D eigenvalue weighted by molar-refractivity contribution is 5.67. The average Bonchev–Trinajstić information content (AvgIpc) is 3.29. The number of fused-ring (bicyclic) bond motifs is 3. The molecule has 2 aromatic heterocycles. The summed E-state index contributed by atoms with van der Waals surface area (Å²) in [6.07, 6.45) is 6.49. The van der Waals surface area contributed by atoms with Gasteiger partial charge in [-0.15, -0.1) is 0 Å². The van der Waals surface area contributed by atoms with Crippen molar-refractivity contribution in [2.45, 2.75) is 68.9 Å². The number of halogens is 2. The van der Waals surface area contributed by atoms with Crippen molar-refractivity contribution in [3.8, 4) is 11.3 Å². The minimum atomic E-state index is -2.56. The standard InChI is InChI=1S/C20H23F2N3O/c21-20(22)7-5-13(6-8-20)18(26)9-16-19-14(17-10-23-11-25(16)17)3-4-15(24-19)12-1-2-12/h3-4,10-13,16,18,26H,1-2,5-9H2/t16-,18+/m1/s1. The Morgan fingerprint density at radius 1 is 1.19 bits per heavy atom. The van der Waals surface area contributed by atoms with Crippen LogP contribution >= 0.6 is 0 Å². The van der Waals surface area contributed by atoms with E-state index in [1.54, 1.807) is 6.33 Å². The van der Waals surface area contributed by atoms with Crippen LogP contribution in [0.2, 0.25) is 0 Å². The Labute approximate surface area is 151 Å². The molecule has 0 saturated heterocycles. The van der Waals surface area contributed by atoms with Gasteiger partial charge >= 0.3 is 0 Å². The van der Waals surface area contributed by atoms with E-state index in [0.717, 1.165) is 22.6 Å². The first-order chi connectivity index (χ1) is 12.5. The van der Waals surface area contributed by atoms with Crippen LogP contribution in [0, 0.1) is 5.92 Å². The molecule has 2 atom stereocenters. The van der Waals surface area contributed by atoms with Gasteiger partial charge in [-0.2, -0.15) is 0 Å². The molecule has 5 rings (SSSR count). The smallest absolute Gasteiger partial charge is 0.248 e. The van der Waals surface area contributed by atoms with Crippen molar-refractivity contribution in [2.24, 2.45) is 5.92 Å². The maximum Gasteiger partial charge on any atom is 0.248 e. The third-order valence-electron chi connectivity index (χ3n) is 6.31. The summed E-state index contributed by atoms with van der Waals surface area (Å²) in [4.78, 5) is 9.18. The summed E-state index contributed by atoms with van der Waals surface area (Å²) in [5.74, 6) is -2.05. The van der Waals surface area contributed by atoms with Crippen molar-refractivity contribution in [3.63, 3.8) is 0 Å². The van der Waals surface area contributed by atoms with Crippen LogP contribution < -0.4 is 0 Å². The van der Waals surface area contributed by atoms with Crippen LogP contribution in [0.15, 0.2) is 24.7 Å². The summed E-state index contributed by atoms with van der Waals surface area (Å²) in [7, 11) is 0. The van der Waals surface area contributed by atoms with E-state index in [1.165, 1.54) is 12.8 Å². The average molecular weight is 359 g/mol. The van der Waals surface area contributed by atoms with E-state index in [2.05, 4.69) is 21.7 Å². The molecule has 1 aliphatic heterocycles. The molecule has 6 heteroatoms. The van der Waals surface area contributed by atoms with E-state index >= 15 is 0 Å². The number of aromatic nitrogens is 3. The number of aliphatic hydroxyl groups excluding tert-OH is 1. The highest BCUT2D eigenvalue weighted by Crippen LogP contribution is 2.46. The lowest BCUT2D eigenvalue weighted by Gasteiger charge is -2.32. The van der Waals surface area contributed by atoms with E-state index in [1.807, 2.05) is 6.20 Å². The lowest BCUT2D eigenvalue weighted by atomic mass is 9.81. The van der Waals surface area contributed by atoms with Crippen LogP contribution in [0.1, 0.15) is 68.3 Å². The zero-order chi connectivity index (χ0) is 17.9. The highest BCUT2D eigenvalue weighted by atomic mass is 19.3. The second-order valence-electron chi connectivity index (χ2n) is 8.14. The highest BCUT2D eigenvalue weighted by Gasteiger charge is 2.40. The van der Waals surface area contributed by atoms with Crippen molar-refractivity contribution >= 4 is 0 Å². The Balaban J connectivity index is 1.40. The number of hydrogen-bond acceptors (Lipinski definition) is 3. The predicted octanol–water partition coefficient (Wildman–Crippen LogP) is 4.30. The molecule has 2 fully saturated rings. The monoisotopic (exact) mass is 359 g/mol. The lowest BCUT2D eigenvalue weighted by Crippen LogP contribution is -2.32. The summed E-state index contributed by atoms with van der Waals surface area (Å²) in [6, 6.07) is 4.17. The van der Waals surface area contributed by atoms with E-state index in [9.17, 15) is 13.9 Å². The first-order valence-corrected chi connectivity index (χ1v) is 9.61. The molecule has 4 nitrogen and oxygen atoms in total. The van der Waals surface area contributed by atoms with Crippen molar-refractivity contribution in [1.82, 2.24) is 14.5 Å². The van der Waals surface area contributed by atoms with Gasteiger partial charge in [-0.1, -0.05) is 0 Å². The number of aliphatic hydroxyl groups is 1. The van der Waals surface area contributed by atoms with Crippen molar-refractivity contribution in [1.29, 1.82) is 0 Å². The van der Waals surface area contributed by atoms with Gasteiger partial charge in [0, 0.05) is 36.4 Å². The zero-order valence-corrected chi connectivity index (χ0v) is 14.6. The fourth-order valence-electron chi connectivity index (χ4n) is 4.55. The SMILES string of the molecule is O[C@@H](C[C@@H]1c2nc(C3CC3)ccc2-c2cncn21)C1CCC(F)(F)CC1. The summed E-state index contributed by atoms with van der Waals surface area (Å²) in [5, 5.41) is 10.8. The third kappa shape index (κ3) is 2.75. The van der Waals surface area contributed by atoms with Gasteiger partial charge in [0.2, 0.25) is 5.92 Å². The molecule has 0 spiro atoms. The molecule has 2 aliphatic carbocycles. The minimum Gasteiger partial charge on any atom is -0.393 e. The normalized spacial score (nSPS) is 25.7. The predicted molar refractivity (Wildman–Crippen MR) is 93.1 cm³/mol. The van der Waals surface area contributed by atoms with Gasteiger partial charge in [-0.3, -0.25) is 4.98 Å². The van der Waals surface area contributed by atoms with Crippen LogP contribution in [0.5, 0.6) is 0 Å². The summed E-state index contributed by atoms with van der Waals surface area (Å²) < 4.78 is 28.9. The van der Waals surface area contributed by atoms with Crippen LogP contribution in [-0.4, -0.2) is 31.7 Å². The molecule has 0 radical (unpaired) electrons. The number of hydrogen-bond donors (Lipinski definition) is 1. The first kappa shape index (κ1) is 16.4. The zero-order valence-electron chi connectivity index (χ0n) is 14.6. The summed E-state index contributed by atoms with van der Waals surface area (Å²) >= 11 is 0. The Bertz CT molecular complexity index is 820. The molecule has 3 aliphatic rings.